The minimum absolute atomic E-state index is 0.0232. The number of rotatable bonds is 5. The minimum Gasteiger partial charge on any atom is -0.352 e. The Morgan fingerprint density at radius 2 is 2.00 bits per heavy atom. The van der Waals surface area contributed by atoms with E-state index in [-0.39, 0.29) is 11.3 Å². The largest absolute Gasteiger partial charge is 0.352 e. The zero-order valence-corrected chi connectivity index (χ0v) is 11.0. The Kier molecular flexibility index (Phi) is 4.55. The number of non-ortho nitro benzene ring substituents is 1. The summed E-state index contributed by atoms with van der Waals surface area (Å²) in [7, 11) is 0. The summed E-state index contributed by atoms with van der Waals surface area (Å²) in [6.45, 7) is 0.348. The lowest BCUT2D eigenvalue weighted by Crippen LogP contribution is -2.25. The number of carbonyl (C=O) groups excluding carboxylic acids is 1. The van der Waals surface area contributed by atoms with E-state index in [1.54, 1.807) is 12.1 Å². The van der Waals surface area contributed by atoms with Crippen molar-refractivity contribution < 1.29 is 14.1 Å². The summed E-state index contributed by atoms with van der Waals surface area (Å²) in [5.74, 6) is -1.10. The van der Waals surface area contributed by atoms with E-state index in [4.69, 9.17) is 0 Å². The molecule has 0 spiro atoms. The van der Waals surface area contributed by atoms with Gasteiger partial charge in [0, 0.05) is 36.5 Å². The predicted molar refractivity (Wildman–Crippen MR) is 73.3 cm³/mol. The van der Waals surface area contributed by atoms with E-state index in [9.17, 15) is 19.3 Å². The van der Waals surface area contributed by atoms with Crippen LogP contribution in [0.2, 0.25) is 0 Å². The van der Waals surface area contributed by atoms with Gasteiger partial charge in [-0.3, -0.25) is 14.9 Å². The van der Waals surface area contributed by atoms with Gasteiger partial charge in [-0.2, -0.15) is 4.39 Å². The molecule has 108 valence electrons. The third-order valence-corrected chi connectivity index (χ3v) is 2.84. The fourth-order valence-electron chi connectivity index (χ4n) is 1.75. The van der Waals surface area contributed by atoms with Crippen LogP contribution in [0, 0.1) is 16.1 Å². The van der Waals surface area contributed by atoms with Gasteiger partial charge in [0.2, 0.25) is 5.95 Å². The first-order valence-corrected chi connectivity index (χ1v) is 6.19. The highest BCUT2D eigenvalue weighted by molar-refractivity contribution is 5.93. The second kappa shape index (κ2) is 6.56. The molecule has 0 saturated carbocycles. The number of carbonyl (C=O) groups is 1. The Morgan fingerprint density at radius 3 is 2.62 bits per heavy atom. The van der Waals surface area contributed by atoms with Gasteiger partial charge >= 0.3 is 0 Å². The number of pyridine rings is 1. The molecule has 0 unspecified atom stereocenters. The number of nitrogens with one attached hydrogen (secondary N) is 1. The number of benzene rings is 1. The molecule has 1 N–H and O–H groups in total. The summed E-state index contributed by atoms with van der Waals surface area (Å²) in [5.41, 5.74) is 1.09. The van der Waals surface area contributed by atoms with Crippen LogP contribution < -0.4 is 5.32 Å². The molecule has 0 aliphatic carbocycles. The lowest BCUT2D eigenvalue weighted by atomic mass is 10.1. The molecule has 6 nitrogen and oxygen atoms in total. The summed E-state index contributed by atoms with van der Waals surface area (Å²) in [4.78, 5) is 25.2. The first-order valence-electron chi connectivity index (χ1n) is 6.19. The van der Waals surface area contributed by atoms with Gasteiger partial charge in [-0.05, 0) is 18.1 Å². The SMILES string of the molecule is O=C(NCCc1ccc([N+](=O)[O-])cc1)c1ccnc(F)c1. The highest BCUT2D eigenvalue weighted by Gasteiger charge is 2.07. The van der Waals surface area contributed by atoms with Crippen molar-refractivity contribution in [1.82, 2.24) is 10.3 Å². The number of hydrogen-bond acceptors (Lipinski definition) is 4. The molecule has 2 rings (SSSR count). The molecule has 0 aliphatic rings. The summed E-state index contributed by atoms with van der Waals surface area (Å²) < 4.78 is 12.9. The summed E-state index contributed by atoms with van der Waals surface area (Å²) >= 11 is 0. The zero-order chi connectivity index (χ0) is 15.2. The molecule has 2 aromatic rings. The van der Waals surface area contributed by atoms with Crippen LogP contribution in [0.4, 0.5) is 10.1 Å². The van der Waals surface area contributed by atoms with Crippen LogP contribution in [0.5, 0.6) is 0 Å². The van der Waals surface area contributed by atoms with E-state index in [1.807, 2.05) is 0 Å². The van der Waals surface area contributed by atoms with Gasteiger partial charge in [0.15, 0.2) is 0 Å². The fraction of sp³-hybridized carbons (Fsp3) is 0.143. The number of hydrogen-bond donors (Lipinski definition) is 1. The van der Waals surface area contributed by atoms with Gasteiger partial charge in [-0.15, -0.1) is 0 Å². The standard InChI is InChI=1S/C14H12FN3O3/c15-13-9-11(6-8-16-13)14(19)17-7-5-10-1-3-12(4-2-10)18(20)21/h1-4,6,8-9H,5,7H2,(H,17,19). The zero-order valence-electron chi connectivity index (χ0n) is 11.0. The summed E-state index contributed by atoms with van der Waals surface area (Å²) in [5, 5.41) is 13.2. The predicted octanol–water partition coefficient (Wildman–Crippen LogP) is 2.10. The monoisotopic (exact) mass is 289 g/mol. The maximum atomic E-state index is 12.9. The van der Waals surface area contributed by atoms with Crippen LogP contribution in [0.1, 0.15) is 15.9 Å². The van der Waals surface area contributed by atoms with Crippen LogP contribution in [-0.2, 0) is 6.42 Å². The Balaban J connectivity index is 1.86. The van der Waals surface area contributed by atoms with Gasteiger partial charge in [0.25, 0.3) is 11.6 Å². The Labute approximate surface area is 119 Å². The van der Waals surface area contributed by atoms with E-state index in [1.165, 1.54) is 24.4 Å². The normalized spacial score (nSPS) is 10.1. The van der Waals surface area contributed by atoms with E-state index in [0.717, 1.165) is 11.6 Å². The van der Waals surface area contributed by atoms with Crippen molar-refractivity contribution in [3.63, 3.8) is 0 Å². The molecule has 1 heterocycles. The Hall–Kier alpha value is -2.83. The molecule has 0 saturated heterocycles. The van der Waals surface area contributed by atoms with Crippen LogP contribution in [0.25, 0.3) is 0 Å². The maximum Gasteiger partial charge on any atom is 0.269 e. The van der Waals surface area contributed by atoms with Crippen molar-refractivity contribution in [2.45, 2.75) is 6.42 Å². The number of amides is 1. The van der Waals surface area contributed by atoms with Crippen LogP contribution >= 0.6 is 0 Å². The highest BCUT2D eigenvalue weighted by Crippen LogP contribution is 2.12. The van der Waals surface area contributed by atoms with Gasteiger partial charge in [0.1, 0.15) is 0 Å². The van der Waals surface area contributed by atoms with Gasteiger partial charge in [0.05, 0.1) is 4.92 Å². The smallest absolute Gasteiger partial charge is 0.269 e. The van der Waals surface area contributed by atoms with Crippen molar-refractivity contribution in [2.75, 3.05) is 6.54 Å². The Morgan fingerprint density at radius 1 is 1.29 bits per heavy atom. The first kappa shape index (κ1) is 14.6. The molecule has 1 aromatic heterocycles. The van der Waals surface area contributed by atoms with Crippen molar-refractivity contribution in [3.05, 3.63) is 69.8 Å². The fourth-order valence-corrected chi connectivity index (χ4v) is 1.75. The number of nitro benzene ring substituents is 1. The van der Waals surface area contributed by atoms with Gasteiger partial charge < -0.3 is 5.32 Å². The van der Waals surface area contributed by atoms with Crippen molar-refractivity contribution in [1.29, 1.82) is 0 Å². The van der Waals surface area contributed by atoms with Crippen LogP contribution in [-0.4, -0.2) is 22.4 Å². The van der Waals surface area contributed by atoms with Gasteiger partial charge in [-0.1, -0.05) is 12.1 Å². The van der Waals surface area contributed by atoms with Crippen LogP contribution in [0.15, 0.2) is 42.6 Å². The number of aromatic nitrogens is 1. The summed E-state index contributed by atoms with van der Waals surface area (Å²) in [6, 6.07) is 8.57. The molecule has 0 aliphatic heterocycles. The van der Waals surface area contributed by atoms with Crippen molar-refractivity contribution >= 4 is 11.6 Å². The number of halogens is 1. The first-order chi connectivity index (χ1) is 10.1. The highest BCUT2D eigenvalue weighted by atomic mass is 19.1. The quantitative estimate of drug-likeness (QED) is 0.519. The van der Waals surface area contributed by atoms with Crippen molar-refractivity contribution in [3.8, 4) is 0 Å². The van der Waals surface area contributed by atoms with Crippen molar-refractivity contribution in [2.24, 2.45) is 0 Å². The summed E-state index contributed by atoms with van der Waals surface area (Å²) in [6.07, 6.45) is 1.75. The van der Waals surface area contributed by atoms with E-state index < -0.39 is 16.8 Å². The maximum absolute atomic E-state index is 12.9. The van der Waals surface area contributed by atoms with E-state index in [2.05, 4.69) is 10.3 Å². The molecule has 1 amide bonds. The molecule has 0 bridgehead atoms. The average molecular weight is 289 g/mol. The second-order valence-corrected chi connectivity index (χ2v) is 4.30. The molecule has 1 aromatic carbocycles. The molecule has 0 fully saturated rings. The molecule has 7 heteroatoms. The lowest BCUT2D eigenvalue weighted by Gasteiger charge is -2.05. The van der Waals surface area contributed by atoms with E-state index in [0.29, 0.717) is 13.0 Å². The molecular formula is C14H12FN3O3. The van der Waals surface area contributed by atoms with Gasteiger partial charge in [-0.25, -0.2) is 4.98 Å². The number of nitro groups is 1. The number of nitrogens with zero attached hydrogens (tertiary/aromatic N) is 2. The van der Waals surface area contributed by atoms with Crippen LogP contribution in [0.3, 0.4) is 0 Å². The minimum atomic E-state index is -0.710. The topological polar surface area (TPSA) is 85.1 Å². The Bertz CT molecular complexity index is 659. The third-order valence-electron chi connectivity index (χ3n) is 2.84. The second-order valence-electron chi connectivity index (χ2n) is 4.30. The molecule has 0 atom stereocenters. The molecule has 21 heavy (non-hydrogen) atoms. The molecular weight excluding hydrogens is 277 g/mol. The van der Waals surface area contributed by atoms with E-state index >= 15 is 0 Å². The average Bonchev–Trinajstić information content (AvgIpc) is 2.47. The molecule has 0 radical (unpaired) electrons. The third kappa shape index (κ3) is 4.07. The lowest BCUT2D eigenvalue weighted by molar-refractivity contribution is -0.384.